The first kappa shape index (κ1) is 41.7. The Morgan fingerprint density at radius 3 is 1.58 bits per heavy atom. The van der Waals surface area contributed by atoms with Gasteiger partial charge in [0, 0.05) is 25.7 Å². The number of aromatic nitrogens is 2. The van der Waals surface area contributed by atoms with Gasteiger partial charge in [-0.25, -0.2) is 26.8 Å². The third kappa shape index (κ3) is 10.3. The van der Waals surface area contributed by atoms with Gasteiger partial charge in [-0.05, 0) is 119 Å². The van der Waals surface area contributed by atoms with Gasteiger partial charge >= 0.3 is 0 Å². The van der Waals surface area contributed by atoms with Gasteiger partial charge in [-0.1, -0.05) is 62.4 Å². The fourth-order valence-electron chi connectivity index (χ4n) is 7.85. The first-order chi connectivity index (χ1) is 26.1. The minimum Gasteiger partial charge on any atom is -0.337 e. The molecule has 294 valence electrons. The molecule has 12 heteroatoms. The fraction of sp³-hybridized carbons (Fsp3) is 0.442. The average molecular weight is 787 g/mol. The molecule has 2 aromatic carbocycles. The number of carbonyl (C=O) groups is 2. The van der Waals surface area contributed by atoms with Crippen molar-refractivity contribution in [2.45, 2.75) is 107 Å². The Labute approximate surface area is 327 Å². The Hall–Kier alpha value is -4.42. The third-order valence-electron chi connectivity index (χ3n) is 10.5. The lowest BCUT2D eigenvalue weighted by atomic mass is 9.99. The number of carbonyl (C=O) groups excluding carboxylic acids is 2. The molecule has 0 bridgehead atoms. The van der Waals surface area contributed by atoms with Crippen molar-refractivity contribution in [2.75, 3.05) is 19.6 Å². The molecule has 2 aromatic heterocycles. The smallest absolute Gasteiger partial charge is 0.272 e. The van der Waals surface area contributed by atoms with Gasteiger partial charge in [0.05, 0.1) is 32.7 Å². The Kier molecular flexibility index (Phi) is 13.7. The van der Waals surface area contributed by atoms with E-state index in [1.165, 1.54) is 0 Å². The van der Waals surface area contributed by atoms with Gasteiger partial charge < -0.3 is 9.80 Å². The molecule has 55 heavy (non-hydrogen) atoms. The number of pyridine rings is 2. The second kappa shape index (κ2) is 18.0. The number of benzene rings is 2. The predicted molar refractivity (Wildman–Crippen MR) is 215 cm³/mol. The van der Waals surface area contributed by atoms with E-state index in [0.717, 1.165) is 80.4 Å². The van der Waals surface area contributed by atoms with Crippen molar-refractivity contribution in [3.05, 3.63) is 118 Å². The van der Waals surface area contributed by atoms with E-state index < -0.39 is 19.7 Å². The molecule has 10 nitrogen and oxygen atoms in total. The molecule has 0 N–H and O–H groups in total. The minimum atomic E-state index is -3.54. The molecule has 2 unspecified atom stereocenters. The second-order valence-corrected chi connectivity index (χ2v) is 18.9. The van der Waals surface area contributed by atoms with Crippen LogP contribution in [0.4, 0.5) is 0 Å². The maximum Gasteiger partial charge on any atom is 0.272 e. The van der Waals surface area contributed by atoms with Crippen LogP contribution in [0.5, 0.6) is 0 Å². The monoisotopic (exact) mass is 786 g/mol. The zero-order chi connectivity index (χ0) is 39.9. The summed E-state index contributed by atoms with van der Waals surface area (Å²) in [7, 11) is -7.08. The molecular weight excluding hydrogens is 733 g/mol. The van der Waals surface area contributed by atoms with Crippen molar-refractivity contribution in [1.29, 1.82) is 0 Å². The summed E-state index contributed by atoms with van der Waals surface area (Å²) in [6.07, 6.45) is 6.21. The molecule has 2 amide bonds. The number of amides is 2. The Morgan fingerprint density at radius 1 is 0.636 bits per heavy atom. The fourth-order valence-corrected chi connectivity index (χ4v) is 11.5. The van der Waals surface area contributed by atoms with Crippen LogP contribution in [0.3, 0.4) is 0 Å². The average Bonchev–Trinajstić information content (AvgIpc) is 3.14. The number of hydrogen-bond acceptors (Lipinski definition) is 8. The number of aryl methyl sites for hydroxylation is 4. The highest BCUT2D eigenvalue weighted by Gasteiger charge is 2.28. The molecule has 2 fully saturated rings. The first-order valence-corrected chi connectivity index (χ1v) is 22.5. The van der Waals surface area contributed by atoms with Crippen LogP contribution in [0.25, 0.3) is 0 Å². The maximum atomic E-state index is 13.0. The molecule has 4 aromatic rings. The summed E-state index contributed by atoms with van der Waals surface area (Å²) < 4.78 is 51.8. The van der Waals surface area contributed by atoms with Crippen molar-refractivity contribution in [2.24, 2.45) is 5.92 Å². The lowest BCUT2D eigenvalue weighted by Gasteiger charge is -2.35. The maximum absolute atomic E-state index is 13.0. The molecule has 4 heterocycles. The molecule has 0 aliphatic carbocycles. The van der Waals surface area contributed by atoms with Crippen molar-refractivity contribution in [1.82, 2.24) is 19.8 Å². The number of piperidine rings is 2. The Morgan fingerprint density at radius 2 is 1.11 bits per heavy atom. The molecule has 2 aliphatic heterocycles. The van der Waals surface area contributed by atoms with E-state index in [0.29, 0.717) is 38.5 Å². The summed E-state index contributed by atoms with van der Waals surface area (Å²) in [4.78, 5) is 39.0. The highest BCUT2D eigenvalue weighted by molar-refractivity contribution is 7.91. The summed E-state index contributed by atoms with van der Waals surface area (Å²) in [5.74, 6) is -0.159. The molecule has 2 saturated heterocycles. The van der Waals surface area contributed by atoms with Gasteiger partial charge in [-0.15, -0.1) is 0 Å². The van der Waals surface area contributed by atoms with Gasteiger partial charge in [0.25, 0.3) is 11.8 Å². The lowest BCUT2D eigenvalue weighted by Crippen LogP contribution is -2.43. The highest BCUT2D eigenvalue weighted by Crippen LogP contribution is 2.26. The van der Waals surface area contributed by atoms with E-state index in [1.807, 2.05) is 21.9 Å². The normalized spacial score (nSPS) is 17.6. The number of rotatable bonds is 9. The molecule has 6 rings (SSSR count). The van der Waals surface area contributed by atoms with Gasteiger partial charge in [0.2, 0.25) is 0 Å². The number of sulfone groups is 2. The summed E-state index contributed by atoms with van der Waals surface area (Å²) in [5, 5.41) is 0. The molecular formula is C43H54N4O6S2. The number of likely N-dealkylation sites (tertiary alicyclic amines) is 2. The van der Waals surface area contributed by atoms with Gasteiger partial charge in [-0.2, -0.15) is 0 Å². The molecule has 2 aliphatic rings. The molecule has 2 atom stereocenters. The van der Waals surface area contributed by atoms with Crippen LogP contribution >= 0.6 is 0 Å². The van der Waals surface area contributed by atoms with Gasteiger partial charge in [0.1, 0.15) is 11.4 Å². The van der Waals surface area contributed by atoms with E-state index in [2.05, 4.69) is 23.8 Å². The first-order valence-electron chi connectivity index (χ1n) is 19.2. The van der Waals surface area contributed by atoms with E-state index >= 15 is 0 Å². The largest absolute Gasteiger partial charge is 0.337 e. The molecule has 0 spiro atoms. The van der Waals surface area contributed by atoms with E-state index in [1.54, 1.807) is 88.4 Å². The number of nitrogens with zero attached hydrogens (tertiary/aromatic N) is 4. The van der Waals surface area contributed by atoms with Crippen LogP contribution in [0, 0.1) is 33.6 Å². The summed E-state index contributed by atoms with van der Waals surface area (Å²) >= 11 is 0. The molecule has 0 radical (unpaired) electrons. The van der Waals surface area contributed by atoms with Crippen molar-refractivity contribution in [3.8, 4) is 0 Å². The van der Waals surface area contributed by atoms with Crippen LogP contribution < -0.4 is 0 Å². The SMILES string of the molecule is CCC1CCCCN1C(=O)c1cccc(CS(=O)(=O)c2c(C)cccc2C)n1.Cc1cccc(C)c1S(=O)(=O)Cc1cccc(C(=O)N2CCCC(C)C2)n1. The van der Waals surface area contributed by atoms with Crippen molar-refractivity contribution >= 4 is 31.5 Å². The van der Waals surface area contributed by atoms with Crippen molar-refractivity contribution in [3.63, 3.8) is 0 Å². The minimum absolute atomic E-state index is 0.0992. The summed E-state index contributed by atoms with van der Waals surface area (Å²) in [5.41, 5.74) is 4.35. The third-order valence-corrected chi connectivity index (χ3v) is 14.4. The van der Waals surface area contributed by atoms with Crippen LogP contribution in [-0.2, 0) is 31.2 Å². The van der Waals surface area contributed by atoms with Crippen LogP contribution in [0.2, 0.25) is 0 Å². The van der Waals surface area contributed by atoms with Gasteiger partial charge in [0.15, 0.2) is 19.7 Å². The Bertz CT molecular complexity index is 2200. The van der Waals surface area contributed by atoms with E-state index in [9.17, 15) is 26.4 Å². The Balaban J connectivity index is 0.000000211. The second-order valence-electron chi connectivity index (χ2n) is 15.0. The standard InChI is InChI=1S/C22H28N2O3S.C21H26N2O3S/c1-4-19-12-5-6-14-24(19)22(25)20-13-8-11-18(23-20)15-28(26,27)21-16(2)9-7-10-17(21)3;1-15-7-6-12-23(13-15)21(24)19-11-5-10-18(22-19)14-27(25,26)20-16(2)8-4-9-17(20)3/h7-11,13,19H,4-6,12,14-15H2,1-3H3;4-5,8-11,15H,6-7,12-14H2,1-3H3. The van der Waals surface area contributed by atoms with E-state index in [4.69, 9.17) is 0 Å². The van der Waals surface area contributed by atoms with Crippen LogP contribution in [-0.4, -0.2) is 74.1 Å². The van der Waals surface area contributed by atoms with Gasteiger partial charge in [-0.3, -0.25) is 9.59 Å². The number of hydrogen-bond donors (Lipinski definition) is 0. The zero-order valence-electron chi connectivity index (χ0n) is 32.9. The quantitative estimate of drug-likeness (QED) is 0.169. The van der Waals surface area contributed by atoms with E-state index in [-0.39, 0.29) is 29.4 Å². The molecule has 0 saturated carbocycles. The summed E-state index contributed by atoms with van der Waals surface area (Å²) in [6, 6.07) is 21.3. The van der Waals surface area contributed by atoms with Crippen molar-refractivity contribution < 1.29 is 26.4 Å². The lowest BCUT2D eigenvalue weighted by molar-refractivity contribution is 0.0601. The topological polar surface area (TPSA) is 135 Å². The van der Waals surface area contributed by atoms with Crippen LogP contribution in [0.1, 0.15) is 107 Å². The van der Waals surface area contributed by atoms with Crippen LogP contribution in [0.15, 0.2) is 82.6 Å². The predicted octanol–water partition coefficient (Wildman–Crippen LogP) is 7.62. The highest BCUT2D eigenvalue weighted by atomic mass is 32.2. The summed E-state index contributed by atoms with van der Waals surface area (Å²) in [6.45, 7) is 13.6. The zero-order valence-corrected chi connectivity index (χ0v) is 34.5.